The van der Waals surface area contributed by atoms with E-state index in [-0.39, 0.29) is 11.4 Å². The zero-order valence-corrected chi connectivity index (χ0v) is 11.4. The lowest BCUT2D eigenvalue weighted by Crippen LogP contribution is -2.18. The molecule has 0 aromatic carbocycles. The van der Waals surface area contributed by atoms with Crippen LogP contribution in [0.5, 0.6) is 0 Å². The monoisotopic (exact) mass is 271 g/mol. The van der Waals surface area contributed by atoms with Crippen LogP contribution < -0.4 is 0 Å². The van der Waals surface area contributed by atoms with Crippen LogP contribution in [0.4, 0.5) is 0 Å². The van der Waals surface area contributed by atoms with E-state index in [0.29, 0.717) is 17.9 Å². The van der Waals surface area contributed by atoms with Crippen LogP contribution in [0.3, 0.4) is 0 Å². The average Bonchev–Trinajstić information content (AvgIpc) is 2.92. The van der Waals surface area contributed by atoms with Gasteiger partial charge in [0.1, 0.15) is 0 Å². The first-order valence-corrected chi connectivity index (χ1v) is 7.29. The topological polar surface area (TPSA) is 74.1 Å². The van der Waals surface area contributed by atoms with Crippen LogP contribution in [0, 0.1) is 5.41 Å². The Hall–Kier alpha value is -1.24. The van der Waals surface area contributed by atoms with Gasteiger partial charge in [-0.25, -0.2) is 0 Å². The molecule has 1 atom stereocenters. The van der Waals surface area contributed by atoms with Crippen LogP contribution in [0.1, 0.15) is 25.0 Å². The van der Waals surface area contributed by atoms with Gasteiger partial charge < -0.3 is 4.74 Å². The zero-order chi connectivity index (χ0) is 13.2. The Kier molecular flexibility index (Phi) is 3.79. The first-order chi connectivity index (χ1) is 8.53. The summed E-state index contributed by atoms with van der Waals surface area (Å²) in [6.07, 6.45) is 4.04. The van der Waals surface area contributed by atoms with Crippen molar-refractivity contribution in [3.63, 3.8) is 0 Å². The highest BCUT2D eigenvalue weighted by Crippen LogP contribution is 2.49. The Labute approximate surface area is 108 Å². The quantitative estimate of drug-likeness (QED) is 0.700. The minimum absolute atomic E-state index is 0.0971. The van der Waals surface area contributed by atoms with E-state index < -0.39 is 10.8 Å². The van der Waals surface area contributed by atoms with Gasteiger partial charge in [0, 0.05) is 29.8 Å². The summed E-state index contributed by atoms with van der Waals surface area (Å²) in [5.41, 5.74) is 0.630. The van der Waals surface area contributed by atoms with E-state index in [0.717, 1.165) is 18.5 Å². The van der Waals surface area contributed by atoms with Crippen molar-refractivity contribution in [1.82, 2.24) is 15.0 Å². The van der Waals surface area contributed by atoms with Crippen molar-refractivity contribution >= 4 is 16.8 Å². The maximum Gasteiger partial charge on any atom is 0.306 e. The summed E-state index contributed by atoms with van der Waals surface area (Å²) in [7, 11) is 2.15. The predicted octanol–water partition coefficient (Wildman–Crippen LogP) is 0.407. The van der Waals surface area contributed by atoms with Crippen LogP contribution in [0.25, 0.3) is 0 Å². The minimum atomic E-state index is -1.01. The Morgan fingerprint density at radius 2 is 2.33 bits per heavy atom. The Morgan fingerprint density at radius 3 is 2.83 bits per heavy atom. The number of rotatable bonds is 6. The largest absolute Gasteiger partial charge is 0.469 e. The number of esters is 1. The van der Waals surface area contributed by atoms with E-state index in [2.05, 4.69) is 15.0 Å². The lowest BCUT2D eigenvalue weighted by atomic mass is 10.1. The molecular weight excluding hydrogens is 254 g/mol. The van der Waals surface area contributed by atoms with Gasteiger partial charge in [0.15, 0.2) is 0 Å². The first kappa shape index (κ1) is 13.2. The molecule has 1 aliphatic carbocycles. The van der Waals surface area contributed by atoms with Gasteiger partial charge in [-0.3, -0.25) is 13.7 Å². The number of hydrogen-bond donors (Lipinski definition) is 0. The van der Waals surface area contributed by atoms with Gasteiger partial charge >= 0.3 is 5.97 Å². The number of aromatic nitrogens is 3. The van der Waals surface area contributed by atoms with Crippen molar-refractivity contribution in [2.75, 3.05) is 12.9 Å². The second kappa shape index (κ2) is 5.17. The highest BCUT2D eigenvalue weighted by Gasteiger charge is 2.45. The van der Waals surface area contributed by atoms with E-state index in [1.54, 1.807) is 17.9 Å². The molecule has 100 valence electrons. The summed E-state index contributed by atoms with van der Waals surface area (Å²) in [5, 5.41) is 7.71. The summed E-state index contributed by atoms with van der Waals surface area (Å²) in [4.78, 5) is 11.3. The SMILES string of the molecule is COC(=O)CC1(CS(=O)Cc2cn(C)nn2)CC1. The van der Waals surface area contributed by atoms with Gasteiger partial charge in [-0.1, -0.05) is 5.21 Å². The summed E-state index contributed by atoms with van der Waals surface area (Å²) in [6, 6.07) is 0. The number of nitrogens with zero attached hydrogens (tertiary/aromatic N) is 3. The van der Waals surface area contributed by atoms with E-state index in [1.165, 1.54) is 7.11 Å². The predicted molar refractivity (Wildman–Crippen MR) is 66.0 cm³/mol. The molecule has 0 radical (unpaired) electrons. The molecule has 1 unspecified atom stereocenters. The highest BCUT2D eigenvalue weighted by molar-refractivity contribution is 7.84. The fourth-order valence-corrected chi connectivity index (χ4v) is 3.58. The second-order valence-electron chi connectivity index (χ2n) is 4.86. The number of aryl methyl sites for hydroxylation is 1. The van der Waals surface area contributed by atoms with Gasteiger partial charge in [-0.05, 0) is 18.3 Å². The van der Waals surface area contributed by atoms with Crippen molar-refractivity contribution < 1.29 is 13.7 Å². The Bertz CT molecular complexity index is 468. The maximum atomic E-state index is 12.0. The fraction of sp³-hybridized carbons (Fsp3) is 0.727. The van der Waals surface area contributed by atoms with E-state index in [4.69, 9.17) is 0 Å². The number of carbonyl (C=O) groups is 1. The number of hydrogen-bond acceptors (Lipinski definition) is 5. The molecule has 1 heterocycles. The fourth-order valence-electron chi connectivity index (χ4n) is 1.95. The molecule has 1 fully saturated rings. The van der Waals surface area contributed by atoms with Crippen LogP contribution in [-0.4, -0.2) is 38.0 Å². The third-order valence-electron chi connectivity index (χ3n) is 3.13. The third kappa shape index (κ3) is 3.38. The molecule has 1 aromatic rings. The molecular formula is C11H17N3O3S. The average molecular weight is 271 g/mol. The molecule has 2 rings (SSSR count). The molecule has 0 saturated heterocycles. The van der Waals surface area contributed by atoms with Gasteiger partial charge in [0.2, 0.25) is 0 Å². The first-order valence-electron chi connectivity index (χ1n) is 5.80. The van der Waals surface area contributed by atoms with Gasteiger partial charge in [0.25, 0.3) is 0 Å². The summed E-state index contributed by atoms with van der Waals surface area (Å²) < 4.78 is 18.3. The standard InChI is InChI=1S/C11H17N3O3S/c1-14-6-9(12-13-14)7-18(16)8-11(3-4-11)5-10(15)17-2/h6H,3-5,7-8H2,1-2H3. The zero-order valence-electron chi connectivity index (χ0n) is 10.6. The van der Waals surface area contributed by atoms with Crippen LogP contribution in [0.15, 0.2) is 6.20 Å². The van der Waals surface area contributed by atoms with Gasteiger partial charge in [-0.15, -0.1) is 5.10 Å². The molecule has 0 spiro atoms. The lowest BCUT2D eigenvalue weighted by Gasteiger charge is -2.12. The van der Waals surface area contributed by atoms with E-state index in [9.17, 15) is 9.00 Å². The molecule has 0 aliphatic heterocycles. The molecule has 1 aliphatic rings. The Balaban J connectivity index is 1.86. The van der Waals surface area contributed by atoms with Gasteiger partial charge in [0.05, 0.1) is 25.0 Å². The van der Waals surface area contributed by atoms with E-state index in [1.807, 2.05) is 0 Å². The molecule has 0 N–H and O–H groups in total. The van der Waals surface area contributed by atoms with Crippen molar-refractivity contribution in [3.8, 4) is 0 Å². The van der Waals surface area contributed by atoms with Crippen LogP contribution in [0.2, 0.25) is 0 Å². The van der Waals surface area contributed by atoms with Crippen molar-refractivity contribution in [2.45, 2.75) is 25.0 Å². The minimum Gasteiger partial charge on any atom is -0.469 e. The summed E-state index contributed by atoms with van der Waals surface area (Å²) in [6.45, 7) is 0. The van der Waals surface area contributed by atoms with E-state index >= 15 is 0 Å². The highest BCUT2D eigenvalue weighted by atomic mass is 32.2. The molecule has 1 aromatic heterocycles. The molecule has 0 amide bonds. The Morgan fingerprint density at radius 1 is 1.61 bits per heavy atom. The number of ether oxygens (including phenoxy) is 1. The van der Waals surface area contributed by atoms with Crippen molar-refractivity contribution in [3.05, 3.63) is 11.9 Å². The smallest absolute Gasteiger partial charge is 0.306 e. The molecule has 7 heteroatoms. The summed E-state index contributed by atoms with van der Waals surface area (Å²) >= 11 is 0. The molecule has 0 bridgehead atoms. The normalized spacial score (nSPS) is 18.3. The molecule has 18 heavy (non-hydrogen) atoms. The van der Waals surface area contributed by atoms with Crippen molar-refractivity contribution in [1.29, 1.82) is 0 Å². The second-order valence-corrected chi connectivity index (χ2v) is 6.32. The number of methoxy groups -OCH3 is 1. The third-order valence-corrected chi connectivity index (χ3v) is 4.68. The summed E-state index contributed by atoms with van der Waals surface area (Å²) in [5.74, 6) is 0.721. The number of carbonyl (C=O) groups excluding carboxylic acids is 1. The lowest BCUT2D eigenvalue weighted by molar-refractivity contribution is -0.141. The van der Waals surface area contributed by atoms with Crippen LogP contribution in [-0.2, 0) is 33.1 Å². The van der Waals surface area contributed by atoms with Crippen molar-refractivity contribution in [2.24, 2.45) is 12.5 Å². The molecule has 6 nitrogen and oxygen atoms in total. The molecule has 1 saturated carbocycles. The van der Waals surface area contributed by atoms with Crippen LogP contribution >= 0.6 is 0 Å². The van der Waals surface area contributed by atoms with Gasteiger partial charge in [-0.2, -0.15) is 0 Å². The maximum absolute atomic E-state index is 12.0.